The van der Waals surface area contributed by atoms with Crippen LogP contribution in [0.4, 0.5) is 0 Å². The zero-order chi connectivity index (χ0) is 61.5. The number of ether oxygens (including phenoxy) is 1. The van der Waals surface area contributed by atoms with E-state index in [1.807, 2.05) is 48.5 Å². The van der Waals surface area contributed by atoms with Crippen LogP contribution in [-0.4, -0.2) is 177 Å². The molecule has 4 aromatic rings. The summed E-state index contributed by atoms with van der Waals surface area (Å²) in [5.41, 5.74) is 21.3. The van der Waals surface area contributed by atoms with E-state index in [1.165, 1.54) is 32.0 Å². The second-order valence-corrected chi connectivity index (χ2v) is 21.9. The Morgan fingerprint density at radius 2 is 1.32 bits per heavy atom. The summed E-state index contributed by atoms with van der Waals surface area (Å²) in [5.74, 6) is -6.34. The van der Waals surface area contributed by atoms with Crippen LogP contribution in [0.1, 0.15) is 105 Å². The summed E-state index contributed by atoms with van der Waals surface area (Å²) in [4.78, 5) is 120. The standard InChI is InChI=1S/C61H79N11O13/c1-4-5-6-28-85-44-21-19-40(20-22-44)38-13-11-37(12-14-38)39-15-17-41(18-16-39)54(78)67-46-8-7-27-65-57(81)48-30-42(66-61(63)64)32-71(48)59(83)52(34(2)73)70-56(80)47(23-9-36-10-24-50(76)45(29-36)51(77)25-26-62)68-58(82)49-31-43(75)33-72(49)60(84)53(35(3)74)69-55(46)79/h10-22,24,29,34-35,42-43,46-49,52-53,73-76H,4-9,23,25-28,30-33,62H2,1-3H3,(H,65,81)(H,67,78)(H,68,82)(H,69,79)(H,70,80)(H4,63,64,66)/t34-,35-,42+,43-,46+,47+,48+,49+,52+,53+/m1/s1. The van der Waals surface area contributed by atoms with Gasteiger partial charge in [-0.1, -0.05) is 74.4 Å². The molecule has 0 bridgehead atoms. The molecular weight excluding hydrogens is 1090 g/mol. The first-order chi connectivity index (χ1) is 40.6. The summed E-state index contributed by atoms with van der Waals surface area (Å²) in [6.07, 6.45) is -2.11. The van der Waals surface area contributed by atoms with Crippen LogP contribution in [0.15, 0.2) is 96.0 Å². The molecule has 0 spiro atoms. The van der Waals surface area contributed by atoms with Crippen molar-refractivity contribution in [2.24, 2.45) is 22.2 Å². The lowest BCUT2D eigenvalue weighted by molar-refractivity contribution is -0.145. The predicted molar refractivity (Wildman–Crippen MR) is 315 cm³/mol. The summed E-state index contributed by atoms with van der Waals surface area (Å²) in [7, 11) is 0. The molecule has 24 heteroatoms. The molecule has 15 N–H and O–H groups in total. The summed E-state index contributed by atoms with van der Waals surface area (Å²) < 4.78 is 5.86. The molecule has 0 aromatic heterocycles. The highest BCUT2D eigenvalue weighted by atomic mass is 16.5. The summed E-state index contributed by atoms with van der Waals surface area (Å²) >= 11 is 0. The maximum Gasteiger partial charge on any atom is 0.251 e. The van der Waals surface area contributed by atoms with E-state index in [-0.39, 0.29) is 87.4 Å². The van der Waals surface area contributed by atoms with Gasteiger partial charge >= 0.3 is 0 Å². The number of unbranched alkanes of at least 4 members (excludes halogenated alkanes) is 2. The van der Waals surface area contributed by atoms with E-state index in [2.05, 4.69) is 38.5 Å². The Kier molecular flexibility index (Phi) is 22.5. The average molecular weight is 1170 g/mol. The van der Waals surface area contributed by atoms with Crippen LogP contribution < -0.4 is 48.5 Å². The Hall–Kier alpha value is -8.45. The number of amides is 7. The van der Waals surface area contributed by atoms with Crippen LogP contribution in [0.3, 0.4) is 0 Å². The number of phenolic OH excluding ortho intramolecular Hbond substituents is 1. The number of benzene rings is 4. The molecule has 0 unspecified atom stereocenters. The highest BCUT2D eigenvalue weighted by Crippen LogP contribution is 2.29. The van der Waals surface area contributed by atoms with E-state index < -0.39 is 114 Å². The Morgan fingerprint density at radius 3 is 1.91 bits per heavy atom. The van der Waals surface area contributed by atoms with Crippen LogP contribution in [0, 0.1) is 0 Å². The molecule has 0 radical (unpaired) electrons. The number of aromatic hydroxyl groups is 1. The molecule has 3 heterocycles. The second kappa shape index (κ2) is 29.9. The number of aryl methyl sites for hydroxylation is 1. The van der Waals surface area contributed by atoms with Gasteiger partial charge in [0.1, 0.15) is 47.8 Å². The van der Waals surface area contributed by atoms with Gasteiger partial charge < -0.3 is 78.7 Å². The van der Waals surface area contributed by atoms with Gasteiger partial charge in [0.25, 0.3) is 5.91 Å². The van der Waals surface area contributed by atoms with Crippen LogP contribution >= 0.6 is 0 Å². The van der Waals surface area contributed by atoms with Crippen molar-refractivity contribution in [3.63, 3.8) is 0 Å². The average Bonchev–Trinajstić information content (AvgIpc) is 2.81. The van der Waals surface area contributed by atoms with Gasteiger partial charge in [0.05, 0.1) is 36.5 Å². The number of ketones is 1. The first-order valence-corrected chi connectivity index (χ1v) is 28.9. The number of guanidine groups is 1. The first-order valence-electron chi connectivity index (χ1n) is 28.9. The van der Waals surface area contributed by atoms with Gasteiger partial charge in [0.15, 0.2) is 11.7 Å². The number of carbonyl (C=O) groups is 8. The van der Waals surface area contributed by atoms with Gasteiger partial charge in [-0.25, -0.2) is 4.99 Å². The maximum absolute atomic E-state index is 14.6. The van der Waals surface area contributed by atoms with Crippen molar-refractivity contribution in [2.75, 3.05) is 32.8 Å². The van der Waals surface area contributed by atoms with Crippen molar-refractivity contribution in [3.05, 3.63) is 108 Å². The SMILES string of the molecule is CCCCCOc1ccc(-c2ccc(-c3ccc(C(=O)N[C@H]4CCCNC(=O)[C@@H]5C[C@H](N=C(N)N)CN5C(=O)[C@H]([C@@H](C)O)NC(=O)[C@H](CCc5ccc(O)c(C(=O)CCN)c5)NC(=O)[C@@H]5C[C@@H](O)CN5C(=O)[C@H]([C@@H](C)O)NC4=O)cc3)cc2)cc1. The lowest BCUT2D eigenvalue weighted by atomic mass is 9.98. The number of phenols is 1. The van der Waals surface area contributed by atoms with Gasteiger partial charge in [-0.05, 0) is 117 Å². The Labute approximate surface area is 493 Å². The molecule has 3 aliphatic heterocycles. The lowest BCUT2D eigenvalue weighted by Crippen LogP contribution is -2.61. The topological polar surface area (TPSA) is 384 Å². The molecular formula is C61H79N11O13. The number of nitrogens with one attached hydrogen (secondary N) is 5. The van der Waals surface area contributed by atoms with E-state index >= 15 is 0 Å². The smallest absolute Gasteiger partial charge is 0.251 e. The molecule has 0 saturated carbocycles. The number of hydrogen-bond donors (Lipinski definition) is 12. The number of rotatable bonds is 18. The molecule has 3 saturated heterocycles. The molecule has 10 atom stereocenters. The molecule has 3 aliphatic rings. The number of hydrogen-bond acceptors (Lipinski definition) is 15. The number of Topliss-reactive ketones (excluding diaryl/α,β-unsaturated/α-hetero) is 1. The Morgan fingerprint density at radius 1 is 0.741 bits per heavy atom. The lowest BCUT2D eigenvalue weighted by Gasteiger charge is -2.32. The van der Waals surface area contributed by atoms with Crippen molar-refractivity contribution in [1.29, 1.82) is 0 Å². The normalized spacial score (nSPS) is 23.4. The molecule has 4 aromatic carbocycles. The summed E-state index contributed by atoms with van der Waals surface area (Å²) in [5, 5.41) is 57.0. The van der Waals surface area contributed by atoms with Crippen molar-refractivity contribution >= 4 is 53.1 Å². The van der Waals surface area contributed by atoms with E-state index in [0.29, 0.717) is 12.2 Å². The van der Waals surface area contributed by atoms with Crippen LogP contribution in [0.5, 0.6) is 11.5 Å². The van der Waals surface area contributed by atoms with Gasteiger partial charge in [-0.3, -0.25) is 38.4 Å². The molecule has 85 heavy (non-hydrogen) atoms. The molecule has 24 nitrogen and oxygen atoms in total. The fourth-order valence-corrected chi connectivity index (χ4v) is 10.7. The molecule has 7 rings (SSSR count). The van der Waals surface area contributed by atoms with Crippen molar-refractivity contribution < 1.29 is 63.5 Å². The minimum atomic E-state index is -1.74. The number of aliphatic hydroxyl groups is 3. The largest absolute Gasteiger partial charge is 0.507 e. The zero-order valence-electron chi connectivity index (χ0n) is 48.1. The van der Waals surface area contributed by atoms with Crippen LogP contribution in [-0.2, 0) is 35.2 Å². The van der Waals surface area contributed by atoms with Crippen molar-refractivity contribution in [3.8, 4) is 33.8 Å². The Bertz CT molecular complexity index is 3050. The minimum Gasteiger partial charge on any atom is -0.507 e. The third-order valence-electron chi connectivity index (χ3n) is 15.4. The van der Waals surface area contributed by atoms with Gasteiger partial charge in [-0.15, -0.1) is 0 Å². The molecule has 456 valence electrons. The highest BCUT2D eigenvalue weighted by molar-refractivity contribution is 6.01. The summed E-state index contributed by atoms with van der Waals surface area (Å²) in [6.45, 7) is 4.53. The fraction of sp³-hybridized carbons (Fsp3) is 0.459. The second-order valence-electron chi connectivity index (χ2n) is 21.9. The van der Waals surface area contributed by atoms with E-state index in [9.17, 15) is 58.8 Å². The van der Waals surface area contributed by atoms with Crippen molar-refractivity contribution in [2.45, 2.75) is 146 Å². The van der Waals surface area contributed by atoms with Gasteiger partial charge in [0, 0.05) is 44.5 Å². The highest BCUT2D eigenvalue weighted by Gasteiger charge is 2.46. The Balaban J connectivity index is 1.15. The van der Waals surface area contributed by atoms with E-state index in [4.69, 9.17) is 21.9 Å². The van der Waals surface area contributed by atoms with Gasteiger partial charge in [-0.2, -0.15) is 0 Å². The monoisotopic (exact) mass is 1170 g/mol. The van der Waals surface area contributed by atoms with Crippen molar-refractivity contribution in [1.82, 2.24) is 36.4 Å². The third-order valence-corrected chi connectivity index (χ3v) is 15.4. The zero-order valence-corrected chi connectivity index (χ0v) is 48.1. The number of carbonyl (C=O) groups excluding carboxylic acids is 8. The fourth-order valence-electron chi connectivity index (χ4n) is 10.7. The first kappa shape index (κ1) is 64.1. The van der Waals surface area contributed by atoms with Crippen LogP contribution in [0.2, 0.25) is 0 Å². The molecule has 7 amide bonds. The maximum atomic E-state index is 14.6. The van der Waals surface area contributed by atoms with Crippen LogP contribution in [0.25, 0.3) is 22.3 Å². The molecule has 0 aliphatic carbocycles. The number of nitrogens with zero attached hydrogens (tertiary/aromatic N) is 3. The summed E-state index contributed by atoms with van der Waals surface area (Å²) in [6, 6.07) is 16.8. The van der Waals surface area contributed by atoms with E-state index in [0.717, 1.165) is 57.1 Å². The van der Waals surface area contributed by atoms with E-state index in [1.54, 1.807) is 24.3 Å². The third kappa shape index (κ3) is 16.9. The number of fused-ring (bicyclic) bond motifs is 2. The number of aliphatic imine (C=N–C) groups is 1. The van der Waals surface area contributed by atoms with Gasteiger partial charge in [0.2, 0.25) is 35.4 Å². The quantitative estimate of drug-likeness (QED) is 0.0285. The number of aliphatic hydroxyl groups excluding tert-OH is 3. The molecule has 3 fully saturated rings. The number of nitrogens with two attached hydrogens (primary N) is 3. The minimum absolute atomic E-state index is 0.0113. The predicted octanol–water partition coefficient (Wildman–Crippen LogP) is 0.889.